The summed E-state index contributed by atoms with van der Waals surface area (Å²) in [5.74, 6) is -0.480. The van der Waals surface area contributed by atoms with Gasteiger partial charge >= 0.3 is 0 Å². The minimum absolute atomic E-state index is 0.165. The Kier molecular flexibility index (Phi) is 6.01. The lowest BCUT2D eigenvalue weighted by Crippen LogP contribution is -2.36. The minimum Gasteiger partial charge on any atom is -0.378 e. The van der Waals surface area contributed by atoms with Crippen molar-refractivity contribution in [3.63, 3.8) is 0 Å². The first kappa shape index (κ1) is 20.4. The van der Waals surface area contributed by atoms with Crippen molar-refractivity contribution in [1.29, 1.82) is 0 Å². The summed E-state index contributed by atoms with van der Waals surface area (Å²) in [4.78, 5) is 27.3. The van der Waals surface area contributed by atoms with Gasteiger partial charge in [0.2, 0.25) is 5.91 Å². The second-order valence-electron chi connectivity index (χ2n) is 7.29. The van der Waals surface area contributed by atoms with Gasteiger partial charge in [-0.3, -0.25) is 9.59 Å². The van der Waals surface area contributed by atoms with E-state index in [4.69, 9.17) is 16.3 Å². The van der Waals surface area contributed by atoms with Crippen LogP contribution >= 0.6 is 11.6 Å². The van der Waals surface area contributed by atoms with Gasteiger partial charge in [-0.05, 0) is 48.9 Å². The number of hydrogen-bond acceptors (Lipinski definition) is 5. The predicted octanol–water partition coefficient (Wildman–Crippen LogP) is 3.61. The first-order valence-electron chi connectivity index (χ1n) is 9.92. The first-order valence-corrected chi connectivity index (χ1v) is 10.3. The number of nitrogens with zero attached hydrogens (tertiary/aromatic N) is 3. The maximum absolute atomic E-state index is 12.7. The van der Waals surface area contributed by atoms with Crippen LogP contribution in [0.3, 0.4) is 0 Å². The fraction of sp³-hybridized carbons (Fsp3) is 0.318. The predicted molar refractivity (Wildman–Crippen MR) is 118 cm³/mol. The molecule has 156 valence electrons. The molecule has 0 radical (unpaired) electrons. The molecular weight excluding hydrogens is 404 g/mol. The summed E-state index contributed by atoms with van der Waals surface area (Å²) in [5, 5.41) is 8.97. The van der Waals surface area contributed by atoms with Gasteiger partial charge in [-0.1, -0.05) is 17.7 Å². The molecule has 1 saturated heterocycles. The van der Waals surface area contributed by atoms with Gasteiger partial charge in [-0.25, -0.2) is 5.01 Å². The summed E-state index contributed by atoms with van der Waals surface area (Å²) in [6.07, 6.45) is 0.514. The van der Waals surface area contributed by atoms with Crippen LogP contribution in [0.4, 0.5) is 17.1 Å². The van der Waals surface area contributed by atoms with Crippen molar-refractivity contribution in [2.45, 2.75) is 19.8 Å². The highest BCUT2D eigenvalue weighted by Crippen LogP contribution is 2.26. The van der Waals surface area contributed by atoms with Crippen LogP contribution in [0.15, 0.2) is 47.6 Å². The fourth-order valence-corrected chi connectivity index (χ4v) is 3.59. The number of benzene rings is 2. The number of aryl methyl sites for hydroxylation is 1. The molecule has 4 rings (SSSR count). The Hall–Kier alpha value is -2.90. The van der Waals surface area contributed by atoms with Crippen LogP contribution in [0.25, 0.3) is 0 Å². The van der Waals surface area contributed by atoms with Crippen LogP contribution in [0.2, 0.25) is 5.02 Å². The summed E-state index contributed by atoms with van der Waals surface area (Å²) in [6.45, 7) is 5.04. The van der Waals surface area contributed by atoms with E-state index in [0.717, 1.165) is 37.6 Å². The van der Waals surface area contributed by atoms with Crippen molar-refractivity contribution < 1.29 is 14.3 Å². The molecule has 0 unspecified atom stereocenters. The van der Waals surface area contributed by atoms with Crippen molar-refractivity contribution in [3.8, 4) is 0 Å². The van der Waals surface area contributed by atoms with Gasteiger partial charge < -0.3 is 15.0 Å². The number of carbonyl (C=O) groups excluding carboxylic acids is 2. The number of ether oxygens (including phenoxy) is 1. The number of rotatable bonds is 4. The number of amides is 2. The molecule has 8 heteroatoms. The Labute approximate surface area is 180 Å². The maximum Gasteiger partial charge on any atom is 0.271 e. The summed E-state index contributed by atoms with van der Waals surface area (Å²) in [5.41, 5.74) is 3.55. The average Bonchev–Trinajstić information content (AvgIpc) is 2.77. The van der Waals surface area contributed by atoms with Gasteiger partial charge in [0.25, 0.3) is 5.91 Å². The zero-order chi connectivity index (χ0) is 21.1. The van der Waals surface area contributed by atoms with Gasteiger partial charge in [0, 0.05) is 42.3 Å². The molecule has 2 amide bonds. The van der Waals surface area contributed by atoms with Crippen molar-refractivity contribution in [3.05, 3.63) is 53.1 Å². The van der Waals surface area contributed by atoms with E-state index in [9.17, 15) is 9.59 Å². The number of anilines is 3. The molecule has 1 fully saturated rings. The number of hydrazone groups is 1. The lowest BCUT2D eigenvalue weighted by Gasteiger charge is -2.29. The zero-order valence-electron chi connectivity index (χ0n) is 16.7. The Morgan fingerprint density at radius 3 is 2.47 bits per heavy atom. The third kappa shape index (κ3) is 4.47. The molecule has 2 aromatic carbocycles. The highest BCUT2D eigenvalue weighted by Gasteiger charge is 2.26. The van der Waals surface area contributed by atoms with Crippen LogP contribution in [0, 0.1) is 6.92 Å². The third-order valence-corrected chi connectivity index (χ3v) is 5.60. The highest BCUT2D eigenvalue weighted by molar-refractivity contribution is 6.44. The van der Waals surface area contributed by atoms with Gasteiger partial charge in [0.05, 0.1) is 18.9 Å². The van der Waals surface area contributed by atoms with Crippen molar-refractivity contribution in [2.75, 3.05) is 41.5 Å². The molecule has 0 bridgehead atoms. The number of morpholine rings is 1. The molecule has 0 aliphatic carbocycles. The van der Waals surface area contributed by atoms with Crippen LogP contribution in [-0.4, -0.2) is 43.8 Å². The molecule has 0 aromatic heterocycles. The average molecular weight is 427 g/mol. The highest BCUT2D eigenvalue weighted by atomic mass is 35.5. The van der Waals surface area contributed by atoms with E-state index in [1.165, 1.54) is 5.01 Å². The van der Waals surface area contributed by atoms with Crippen LogP contribution in [0.5, 0.6) is 0 Å². The largest absolute Gasteiger partial charge is 0.378 e. The molecule has 7 nitrogen and oxygen atoms in total. The van der Waals surface area contributed by atoms with Crippen molar-refractivity contribution in [1.82, 2.24) is 0 Å². The van der Waals surface area contributed by atoms with Gasteiger partial charge in [-0.2, -0.15) is 5.10 Å². The SMILES string of the molecule is Cc1ccc(N2N=C(C(=O)Nc3ccc(N4CCOCC4)cc3)CCC2=O)cc1Cl. The fourth-order valence-electron chi connectivity index (χ4n) is 3.41. The molecule has 2 heterocycles. The van der Waals surface area contributed by atoms with Crippen LogP contribution < -0.4 is 15.2 Å². The number of hydrogen-bond donors (Lipinski definition) is 1. The molecule has 2 aromatic rings. The summed E-state index contributed by atoms with van der Waals surface area (Å²) in [7, 11) is 0. The van der Waals surface area contributed by atoms with Gasteiger partial charge in [-0.15, -0.1) is 0 Å². The van der Waals surface area contributed by atoms with Crippen molar-refractivity contribution in [2.24, 2.45) is 5.10 Å². The minimum atomic E-state index is -0.315. The molecule has 2 aliphatic heterocycles. The normalized spacial score (nSPS) is 17.0. The van der Waals surface area contributed by atoms with E-state index in [-0.39, 0.29) is 18.2 Å². The zero-order valence-corrected chi connectivity index (χ0v) is 17.5. The van der Waals surface area contributed by atoms with E-state index in [1.54, 1.807) is 12.1 Å². The lowest BCUT2D eigenvalue weighted by atomic mass is 10.1. The molecule has 2 aliphatic rings. The molecule has 1 N–H and O–H groups in total. The molecule has 0 spiro atoms. The summed E-state index contributed by atoms with van der Waals surface area (Å²) >= 11 is 6.18. The van der Waals surface area contributed by atoms with E-state index in [2.05, 4.69) is 15.3 Å². The van der Waals surface area contributed by atoms with E-state index in [1.807, 2.05) is 37.3 Å². The lowest BCUT2D eigenvalue weighted by molar-refractivity contribution is -0.118. The van der Waals surface area contributed by atoms with Gasteiger partial charge in [0.1, 0.15) is 5.71 Å². The smallest absolute Gasteiger partial charge is 0.271 e. The van der Waals surface area contributed by atoms with E-state index < -0.39 is 0 Å². The number of halogens is 1. The Balaban J connectivity index is 1.47. The molecule has 0 saturated carbocycles. The third-order valence-electron chi connectivity index (χ3n) is 5.20. The first-order chi connectivity index (χ1) is 14.5. The van der Waals surface area contributed by atoms with Crippen LogP contribution in [-0.2, 0) is 14.3 Å². The van der Waals surface area contributed by atoms with E-state index >= 15 is 0 Å². The summed E-state index contributed by atoms with van der Waals surface area (Å²) in [6, 6.07) is 13.0. The maximum atomic E-state index is 12.7. The van der Waals surface area contributed by atoms with E-state index in [0.29, 0.717) is 28.5 Å². The standard InChI is InChI=1S/C22H23ClN4O3/c1-15-2-5-18(14-19(15)23)27-21(28)9-8-20(25-27)22(29)24-16-3-6-17(7-4-16)26-10-12-30-13-11-26/h2-7,14H,8-13H2,1H3,(H,24,29). The quantitative estimate of drug-likeness (QED) is 0.810. The Morgan fingerprint density at radius 1 is 1.07 bits per heavy atom. The van der Waals surface area contributed by atoms with Crippen LogP contribution in [0.1, 0.15) is 18.4 Å². The molecule has 0 atom stereocenters. The Morgan fingerprint density at radius 2 is 1.77 bits per heavy atom. The number of nitrogens with one attached hydrogen (secondary N) is 1. The topological polar surface area (TPSA) is 74.2 Å². The van der Waals surface area contributed by atoms with Gasteiger partial charge in [0.15, 0.2) is 0 Å². The second-order valence-corrected chi connectivity index (χ2v) is 7.69. The summed E-state index contributed by atoms with van der Waals surface area (Å²) < 4.78 is 5.38. The Bertz CT molecular complexity index is 984. The number of carbonyl (C=O) groups is 2. The monoisotopic (exact) mass is 426 g/mol. The van der Waals surface area contributed by atoms with Crippen molar-refractivity contribution >= 4 is 46.2 Å². The molecule has 30 heavy (non-hydrogen) atoms. The molecular formula is C22H23ClN4O3. The second kappa shape index (κ2) is 8.85.